The van der Waals surface area contributed by atoms with Crippen molar-refractivity contribution in [3.8, 4) is 5.75 Å². The number of carbonyl (C=O) groups excluding carboxylic acids is 1. The zero-order valence-electron chi connectivity index (χ0n) is 14.4. The molecule has 0 saturated carbocycles. The van der Waals surface area contributed by atoms with Gasteiger partial charge in [0.25, 0.3) is 5.91 Å². The van der Waals surface area contributed by atoms with Crippen molar-refractivity contribution in [3.05, 3.63) is 94.8 Å². The van der Waals surface area contributed by atoms with Crippen molar-refractivity contribution in [2.24, 2.45) is 0 Å². The second-order valence-electron chi connectivity index (χ2n) is 5.89. The molecule has 1 amide bonds. The minimum Gasteiger partial charge on any atom is -0.488 e. The van der Waals surface area contributed by atoms with Crippen LogP contribution in [0, 0.1) is 0 Å². The number of rotatable bonds is 6. The molecular weight excluding hydrogens is 348 g/mol. The molecule has 3 aromatic rings. The van der Waals surface area contributed by atoms with Gasteiger partial charge in [-0.05, 0) is 48.4 Å². The van der Waals surface area contributed by atoms with Gasteiger partial charge in [-0.25, -0.2) is 0 Å². The summed E-state index contributed by atoms with van der Waals surface area (Å²) >= 11 is 5.90. The Bertz CT molecular complexity index is 867. The van der Waals surface area contributed by atoms with Crippen molar-refractivity contribution >= 4 is 17.5 Å². The number of hydrogen-bond acceptors (Lipinski definition) is 3. The second kappa shape index (κ2) is 8.50. The van der Waals surface area contributed by atoms with Gasteiger partial charge in [0.1, 0.15) is 12.4 Å². The van der Waals surface area contributed by atoms with Crippen LogP contribution in [0.2, 0.25) is 5.02 Å². The Morgan fingerprint density at radius 3 is 2.62 bits per heavy atom. The normalized spacial score (nSPS) is 11.6. The monoisotopic (exact) mass is 366 g/mol. The average molecular weight is 367 g/mol. The van der Waals surface area contributed by atoms with Crippen LogP contribution in [0.15, 0.2) is 73.1 Å². The highest BCUT2D eigenvalue weighted by atomic mass is 35.5. The Hall–Kier alpha value is -2.85. The van der Waals surface area contributed by atoms with Crippen LogP contribution in [0.5, 0.6) is 5.75 Å². The smallest absolute Gasteiger partial charge is 0.255 e. The number of halogens is 1. The van der Waals surface area contributed by atoms with Gasteiger partial charge in [0.05, 0.1) is 11.6 Å². The molecule has 0 aliphatic rings. The molecule has 0 fully saturated rings. The predicted octanol–water partition coefficient (Wildman–Crippen LogP) is 4.81. The van der Waals surface area contributed by atoms with Gasteiger partial charge in [0.15, 0.2) is 0 Å². The number of nitrogens with zero attached hydrogens (tertiary/aromatic N) is 1. The Labute approximate surface area is 157 Å². The van der Waals surface area contributed by atoms with Crippen molar-refractivity contribution in [3.63, 3.8) is 0 Å². The molecule has 0 aliphatic carbocycles. The third kappa shape index (κ3) is 4.61. The Morgan fingerprint density at radius 2 is 1.88 bits per heavy atom. The lowest BCUT2D eigenvalue weighted by Gasteiger charge is -2.16. The highest BCUT2D eigenvalue weighted by molar-refractivity contribution is 6.30. The number of ether oxygens (including phenoxy) is 1. The van der Waals surface area contributed by atoms with E-state index in [2.05, 4.69) is 10.3 Å². The van der Waals surface area contributed by atoms with Crippen LogP contribution in [0.3, 0.4) is 0 Å². The van der Waals surface area contributed by atoms with E-state index < -0.39 is 0 Å². The molecule has 1 atom stereocenters. The van der Waals surface area contributed by atoms with E-state index >= 15 is 0 Å². The van der Waals surface area contributed by atoms with Crippen LogP contribution in [0.25, 0.3) is 0 Å². The third-order valence-corrected chi connectivity index (χ3v) is 4.22. The molecule has 5 heteroatoms. The molecule has 0 aliphatic heterocycles. The standard InChI is InChI=1S/C21H19ClN2O2/c1-15(17-5-4-12-23-13-17)24-21(25)19-6-2-3-7-20(19)26-14-16-8-10-18(22)11-9-16/h2-13,15H,14H2,1H3,(H,24,25). The SMILES string of the molecule is CC(NC(=O)c1ccccc1OCc1ccc(Cl)cc1)c1cccnc1. The number of aromatic nitrogens is 1. The number of hydrogen-bond donors (Lipinski definition) is 1. The van der Waals surface area contributed by atoms with E-state index in [0.29, 0.717) is 22.9 Å². The molecule has 132 valence electrons. The third-order valence-electron chi connectivity index (χ3n) is 3.97. The summed E-state index contributed by atoms with van der Waals surface area (Å²) in [4.78, 5) is 16.8. The molecule has 1 aromatic heterocycles. The van der Waals surface area contributed by atoms with Crippen molar-refractivity contribution in [2.75, 3.05) is 0 Å². The summed E-state index contributed by atoms with van der Waals surface area (Å²) in [5.74, 6) is 0.353. The van der Waals surface area contributed by atoms with Crippen molar-refractivity contribution in [1.82, 2.24) is 10.3 Å². The molecular formula is C21H19ClN2O2. The van der Waals surface area contributed by atoms with E-state index in [1.54, 1.807) is 24.5 Å². The number of amides is 1. The summed E-state index contributed by atoms with van der Waals surface area (Å²) in [5, 5.41) is 3.66. The lowest BCUT2D eigenvalue weighted by Crippen LogP contribution is -2.27. The molecule has 4 nitrogen and oxygen atoms in total. The van der Waals surface area contributed by atoms with E-state index in [1.165, 1.54) is 0 Å². The highest BCUT2D eigenvalue weighted by Gasteiger charge is 2.15. The first kappa shape index (κ1) is 18.0. The van der Waals surface area contributed by atoms with Crippen molar-refractivity contribution in [1.29, 1.82) is 0 Å². The van der Waals surface area contributed by atoms with Crippen LogP contribution in [0.4, 0.5) is 0 Å². The van der Waals surface area contributed by atoms with Crippen LogP contribution < -0.4 is 10.1 Å². The zero-order chi connectivity index (χ0) is 18.4. The molecule has 1 heterocycles. The topological polar surface area (TPSA) is 51.2 Å². The largest absolute Gasteiger partial charge is 0.488 e. The van der Waals surface area contributed by atoms with Crippen molar-refractivity contribution in [2.45, 2.75) is 19.6 Å². The van der Waals surface area contributed by atoms with Crippen LogP contribution in [-0.2, 0) is 6.61 Å². The van der Waals surface area contributed by atoms with Crippen LogP contribution in [-0.4, -0.2) is 10.9 Å². The minimum atomic E-state index is -0.187. The van der Waals surface area contributed by atoms with Gasteiger partial charge in [-0.1, -0.05) is 41.9 Å². The summed E-state index contributed by atoms with van der Waals surface area (Å²) in [5.41, 5.74) is 2.42. The molecule has 1 N–H and O–H groups in total. The van der Waals surface area contributed by atoms with Gasteiger partial charge in [0, 0.05) is 17.4 Å². The molecule has 0 bridgehead atoms. The maximum atomic E-state index is 12.7. The first-order valence-electron chi connectivity index (χ1n) is 8.30. The highest BCUT2D eigenvalue weighted by Crippen LogP contribution is 2.21. The number of benzene rings is 2. The average Bonchev–Trinajstić information content (AvgIpc) is 2.68. The van der Waals surface area contributed by atoms with Crippen LogP contribution >= 0.6 is 11.6 Å². The van der Waals surface area contributed by atoms with E-state index in [1.807, 2.05) is 55.5 Å². The molecule has 0 radical (unpaired) electrons. The summed E-state index contributed by atoms with van der Waals surface area (Å²) in [6, 6.07) is 18.3. The van der Waals surface area contributed by atoms with Gasteiger partial charge in [-0.3, -0.25) is 9.78 Å². The van der Waals surface area contributed by atoms with Crippen molar-refractivity contribution < 1.29 is 9.53 Å². The van der Waals surface area contributed by atoms with E-state index in [9.17, 15) is 4.79 Å². The maximum Gasteiger partial charge on any atom is 0.255 e. The molecule has 0 spiro atoms. The second-order valence-corrected chi connectivity index (χ2v) is 6.33. The number of pyridine rings is 1. The quantitative estimate of drug-likeness (QED) is 0.681. The number of nitrogens with one attached hydrogen (secondary N) is 1. The van der Waals surface area contributed by atoms with Gasteiger partial charge < -0.3 is 10.1 Å². The summed E-state index contributed by atoms with van der Waals surface area (Å²) in [6.45, 7) is 2.28. The first-order valence-corrected chi connectivity index (χ1v) is 8.68. The van der Waals surface area contributed by atoms with Gasteiger partial charge in [0.2, 0.25) is 0 Å². The predicted molar refractivity (Wildman–Crippen MR) is 102 cm³/mol. The van der Waals surface area contributed by atoms with Gasteiger partial charge >= 0.3 is 0 Å². The summed E-state index contributed by atoms with van der Waals surface area (Å²) < 4.78 is 5.86. The molecule has 0 saturated heterocycles. The molecule has 3 rings (SSSR count). The summed E-state index contributed by atoms with van der Waals surface area (Å²) in [7, 11) is 0. The Morgan fingerprint density at radius 1 is 1.12 bits per heavy atom. The van der Waals surface area contributed by atoms with E-state index in [4.69, 9.17) is 16.3 Å². The van der Waals surface area contributed by atoms with Gasteiger partial charge in [-0.15, -0.1) is 0 Å². The van der Waals surface area contributed by atoms with E-state index in [-0.39, 0.29) is 11.9 Å². The molecule has 26 heavy (non-hydrogen) atoms. The van der Waals surface area contributed by atoms with E-state index in [0.717, 1.165) is 11.1 Å². The number of carbonyl (C=O) groups is 1. The Kier molecular flexibility index (Phi) is 5.87. The molecule has 1 unspecified atom stereocenters. The molecule has 2 aromatic carbocycles. The maximum absolute atomic E-state index is 12.7. The first-order chi connectivity index (χ1) is 12.6. The fourth-order valence-corrected chi connectivity index (χ4v) is 2.64. The minimum absolute atomic E-state index is 0.152. The lowest BCUT2D eigenvalue weighted by atomic mass is 10.1. The van der Waals surface area contributed by atoms with Gasteiger partial charge in [-0.2, -0.15) is 0 Å². The Balaban J connectivity index is 1.69. The fraction of sp³-hybridized carbons (Fsp3) is 0.143. The van der Waals surface area contributed by atoms with Crippen LogP contribution in [0.1, 0.15) is 34.5 Å². The fourth-order valence-electron chi connectivity index (χ4n) is 2.51. The zero-order valence-corrected chi connectivity index (χ0v) is 15.1. The lowest BCUT2D eigenvalue weighted by molar-refractivity contribution is 0.0935. The summed E-state index contributed by atoms with van der Waals surface area (Å²) in [6.07, 6.45) is 3.45. The number of para-hydroxylation sites is 1.